The lowest BCUT2D eigenvalue weighted by Crippen LogP contribution is -2.38. The first kappa shape index (κ1) is 40.5. The first-order valence-electron chi connectivity index (χ1n) is 17.7. The molecule has 0 aliphatic carbocycles. The molecule has 0 saturated carbocycles. The van der Waals surface area contributed by atoms with Crippen LogP contribution in [0.15, 0.2) is 73.8 Å². The average Bonchev–Trinajstić information content (AvgIpc) is 3.83. The number of rotatable bonds is 6. The van der Waals surface area contributed by atoms with Gasteiger partial charge in [-0.2, -0.15) is 9.97 Å². The van der Waals surface area contributed by atoms with Crippen LogP contribution in [0.4, 0.5) is 46.5 Å². The summed E-state index contributed by atoms with van der Waals surface area (Å²) in [6, 6.07) is 9.69. The van der Waals surface area contributed by atoms with Gasteiger partial charge in [0.2, 0.25) is 11.2 Å². The Bertz CT molecular complexity index is 2320. The third kappa shape index (κ3) is 9.45. The van der Waals surface area contributed by atoms with Gasteiger partial charge in [-0.1, -0.05) is 0 Å². The van der Waals surface area contributed by atoms with E-state index in [0.29, 0.717) is 65.3 Å². The number of aryl methyl sites for hydroxylation is 2. The molecule has 57 heavy (non-hydrogen) atoms. The minimum absolute atomic E-state index is 0.0857. The fraction of sp³-hybridized carbons (Fsp3) is 0.316. The zero-order valence-corrected chi connectivity index (χ0v) is 32.7. The van der Waals surface area contributed by atoms with E-state index in [2.05, 4.69) is 42.1 Å². The molecule has 0 spiro atoms. The van der Waals surface area contributed by atoms with Crippen molar-refractivity contribution in [2.75, 3.05) is 48.2 Å². The van der Waals surface area contributed by atoms with E-state index in [1.54, 1.807) is 65.1 Å². The molecule has 0 radical (unpaired) electrons. The van der Waals surface area contributed by atoms with Crippen molar-refractivity contribution >= 4 is 40.6 Å². The van der Waals surface area contributed by atoms with E-state index >= 15 is 0 Å². The van der Waals surface area contributed by atoms with Gasteiger partial charge in [0, 0.05) is 49.0 Å². The van der Waals surface area contributed by atoms with Crippen LogP contribution in [0.5, 0.6) is 11.5 Å². The van der Waals surface area contributed by atoms with Gasteiger partial charge in [-0.05, 0) is 75.7 Å². The lowest BCUT2D eigenvalue weighted by Gasteiger charge is -2.32. The van der Waals surface area contributed by atoms with Gasteiger partial charge in [0.1, 0.15) is 13.2 Å². The maximum absolute atomic E-state index is 13.6. The predicted molar refractivity (Wildman–Crippen MR) is 210 cm³/mol. The van der Waals surface area contributed by atoms with Crippen LogP contribution in [0.2, 0.25) is 5.28 Å². The van der Waals surface area contributed by atoms with E-state index in [4.69, 9.17) is 26.8 Å². The van der Waals surface area contributed by atoms with Crippen LogP contribution in [-0.2, 0) is 0 Å². The van der Waals surface area contributed by atoms with Gasteiger partial charge < -0.3 is 39.5 Å². The third-order valence-electron chi connectivity index (χ3n) is 9.18. The van der Waals surface area contributed by atoms with Crippen LogP contribution in [-0.4, -0.2) is 78.4 Å². The summed E-state index contributed by atoms with van der Waals surface area (Å²) in [7, 11) is 3.90. The number of nitrogens with two attached hydrogens (primary N) is 1. The van der Waals surface area contributed by atoms with Gasteiger partial charge in [-0.3, -0.25) is 0 Å². The molecule has 0 bridgehead atoms. The number of ether oxygens (including phenoxy) is 2. The Labute approximate surface area is 331 Å². The number of fused-ring (bicyclic) bond motifs is 2. The quantitative estimate of drug-likeness (QED) is 0.0956. The van der Waals surface area contributed by atoms with Crippen LogP contribution in [0.25, 0.3) is 11.4 Å². The molecule has 2 aliphatic rings. The average molecular weight is 809 g/mol. The van der Waals surface area contributed by atoms with Crippen LogP contribution in [0.1, 0.15) is 49.2 Å². The largest absolute Gasteiger partial charge is 0.486 e. The lowest BCUT2D eigenvalue weighted by molar-refractivity contribution is 0.151. The number of nitrogen functional groups attached to an aromatic ring is 1. The number of nitrogens with zero attached hydrogens (tertiary/aromatic N) is 10. The number of hydrogen-bond donors (Lipinski definition) is 2. The van der Waals surface area contributed by atoms with E-state index in [9.17, 15) is 17.6 Å². The molecule has 3 N–H and O–H groups in total. The second-order valence-corrected chi connectivity index (χ2v) is 13.8. The van der Waals surface area contributed by atoms with Crippen molar-refractivity contribution in [2.45, 2.75) is 52.6 Å². The second kappa shape index (κ2) is 17.3. The minimum Gasteiger partial charge on any atom is -0.486 e. The minimum atomic E-state index is -2.63. The number of anilines is 5. The Hall–Kier alpha value is -6.17. The molecular weight excluding hydrogens is 768 g/mol. The first-order valence-corrected chi connectivity index (χ1v) is 18.1. The molecule has 6 aromatic rings. The van der Waals surface area contributed by atoms with Crippen molar-refractivity contribution in [3.8, 4) is 22.9 Å². The SMILES string of the molecule is CC1COc2cnc(Cl)nc2N1C.Cc1cn(-c2ccc(N)cc2C(F)F)cn1.Cc1cn(-c2ccc(Nc3ncc4c(n3)N(C)C(C)CO4)cc2C(F)F)cn1. The molecule has 6 heterocycles. The van der Waals surface area contributed by atoms with E-state index in [1.165, 1.54) is 24.8 Å². The molecule has 0 saturated heterocycles. The summed E-state index contributed by atoms with van der Waals surface area (Å²) >= 11 is 5.69. The van der Waals surface area contributed by atoms with Crippen molar-refractivity contribution in [1.29, 1.82) is 0 Å². The number of hydrogen-bond acceptors (Lipinski definition) is 12. The van der Waals surface area contributed by atoms with E-state index in [0.717, 1.165) is 17.2 Å². The summed E-state index contributed by atoms with van der Waals surface area (Å²) in [6.45, 7) is 8.93. The Balaban J connectivity index is 0.000000160. The standard InChI is InChI=1S/C19H20F2N6O.C11H11F2N3.C8H10ClN3O/c1-11-8-27(10-23-11)15-5-4-13(6-14(15)17(20)21)24-19-22-7-16-18(25-19)26(3)12(2)9-28-16;1-7-5-16(6-15-7)10-3-2-8(14)4-9(10)11(12)13;1-5-4-13-6-3-10-8(9)11-7(6)12(5)2/h4-8,10,12,17H,9H2,1-3H3,(H,22,24,25);2-6,11H,14H2,1H3;3,5H,4H2,1-2H3. The fourth-order valence-electron chi connectivity index (χ4n) is 5.79. The van der Waals surface area contributed by atoms with Gasteiger partial charge >= 0.3 is 0 Å². The molecule has 2 aromatic carbocycles. The van der Waals surface area contributed by atoms with Crippen molar-refractivity contribution in [3.63, 3.8) is 0 Å². The molecule has 8 rings (SSSR count). The highest BCUT2D eigenvalue weighted by Gasteiger charge is 2.25. The molecule has 2 aliphatic heterocycles. The first-order chi connectivity index (χ1) is 27.2. The zero-order chi connectivity index (χ0) is 41.0. The molecular formula is C38H41ClF4N12O2. The number of alkyl halides is 4. The number of benzene rings is 2. The normalized spacial score (nSPS) is 15.7. The van der Waals surface area contributed by atoms with Crippen LogP contribution < -0.4 is 30.3 Å². The molecule has 2 atom stereocenters. The summed E-state index contributed by atoms with van der Waals surface area (Å²) in [6.07, 6.45) is 4.43. The highest BCUT2D eigenvalue weighted by Crippen LogP contribution is 2.34. The number of nitrogens with one attached hydrogen (secondary N) is 1. The lowest BCUT2D eigenvalue weighted by atomic mass is 10.1. The van der Waals surface area contributed by atoms with Gasteiger partial charge in [-0.15, -0.1) is 0 Å². The van der Waals surface area contributed by atoms with E-state index < -0.39 is 12.9 Å². The van der Waals surface area contributed by atoms with Gasteiger partial charge in [0.05, 0.1) is 59.9 Å². The van der Waals surface area contributed by atoms with E-state index in [1.807, 2.05) is 37.7 Å². The van der Waals surface area contributed by atoms with Gasteiger partial charge in [-0.25, -0.2) is 37.5 Å². The van der Waals surface area contributed by atoms with Crippen LogP contribution in [0, 0.1) is 13.8 Å². The molecule has 2 unspecified atom stereocenters. The molecule has 4 aromatic heterocycles. The maximum Gasteiger partial charge on any atom is 0.265 e. The van der Waals surface area contributed by atoms with Crippen molar-refractivity contribution in [1.82, 2.24) is 39.0 Å². The highest BCUT2D eigenvalue weighted by molar-refractivity contribution is 6.28. The molecule has 300 valence electrons. The number of aromatic nitrogens is 8. The molecule has 0 fully saturated rings. The maximum atomic E-state index is 13.6. The third-order valence-corrected chi connectivity index (χ3v) is 9.36. The Morgan fingerprint density at radius 3 is 1.77 bits per heavy atom. The Morgan fingerprint density at radius 2 is 1.25 bits per heavy atom. The van der Waals surface area contributed by atoms with E-state index in [-0.39, 0.29) is 22.5 Å². The summed E-state index contributed by atoms with van der Waals surface area (Å²) in [5.41, 5.74) is 8.43. The van der Waals surface area contributed by atoms with Crippen LogP contribution in [0.3, 0.4) is 0 Å². The zero-order valence-electron chi connectivity index (χ0n) is 31.9. The smallest absolute Gasteiger partial charge is 0.265 e. The number of halogens is 5. The van der Waals surface area contributed by atoms with Crippen molar-refractivity contribution in [3.05, 3.63) is 102 Å². The molecule has 14 nitrogen and oxygen atoms in total. The second-order valence-electron chi connectivity index (χ2n) is 13.4. The summed E-state index contributed by atoms with van der Waals surface area (Å²) in [5, 5.41) is 3.26. The number of likely N-dealkylation sites (N-methyl/N-ethyl adjacent to an activating group) is 2. The summed E-state index contributed by atoms with van der Waals surface area (Å²) in [5.74, 6) is 3.04. The fourth-order valence-corrected chi connectivity index (χ4v) is 5.92. The molecule has 0 amide bonds. The molecule has 19 heteroatoms. The Kier molecular flexibility index (Phi) is 12.3. The van der Waals surface area contributed by atoms with Crippen molar-refractivity contribution < 1.29 is 27.0 Å². The van der Waals surface area contributed by atoms with Crippen molar-refractivity contribution in [2.24, 2.45) is 0 Å². The highest BCUT2D eigenvalue weighted by atomic mass is 35.5. The monoisotopic (exact) mass is 808 g/mol. The summed E-state index contributed by atoms with van der Waals surface area (Å²) < 4.78 is 67.1. The van der Waals surface area contributed by atoms with Crippen LogP contribution >= 0.6 is 11.6 Å². The number of imidazole rings is 2. The topological polar surface area (TPSA) is 150 Å². The predicted octanol–water partition coefficient (Wildman–Crippen LogP) is 7.92. The van der Waals surface area contributed by atoms with Gasteiger partial charge in [0.25, 0.3) is 12.9 Å². The summed E-state index contributed by atoms with van der Waals surface area (Å²) in [4.78, 5) is 28.8. The van der Waals surface area contributed by atoms with Gasteiger partial charge in [0.15, 0.2) is 23.1 Å². The Morgan fingerprint density at radius 1 is 0.737 bits per heavy atom.